The van der Waals surface area contributed by atoms with E-state index in [0.29, 0.717) is 0 Å². The standard InChI is InChI=1S/C19H33N5O/c1-4-23(3)10-9-21-19(20-2)22-15-17-7-5-6-8-18(17)16-24-11-13-25-14-12-24/h5-8H,4,9-16H2,1-3H3,(H2,20,21,22). The lowest BCUT2D eigenvalue weighted by atomic mass is 10.1. The highest BCUT2D eigenvalue weighted by Crippen LogP contribution is 2.12. The van der Waals surface area contributed by atoms with Gasteiger partial charge in [-0.15, -0.1) is 0 Å². The second kappa shape index (κ2) is 11.1. The molecule has 1 aromatic carbocycles. The molecule has 0 unspecified atom stereocenters. The van der Waals surface area contributed by atoms with E-state index in [1.165, 1.54) is 11.1 Å². The van der Waals surface area contributed by atoms with Crippen molar-refractivity contribution in [2.24, 2.45) is 4.99 Å². The molecule has 6 nitrogen and oxygen atoms in total. The lowest BCUT2D eigenvalue weighted by Gasteiger charge is -2.27. The average molecular weight is 348 g/mol. The maximum absolute atomic E-state index is 5.44. The maximum atomic E-state index is 5.44. The summed E-state index contributed by atoms with van der Waals surface area (Å²) in [5.74, 6) is 0.852. The molecule has 1 aliphatic rings. The average Bonchev–Trinajstić information content (AvgIpc) is 2.66. The molecule has 2 N–H and O–H groups in total. The van der Waals surface area contributed by atoms with Crippen molar-refractivity contribution in [1.29, 1.82) is 0 Å². The van der Waals surface area contributed by atoms with Crippen LogP contribution in [0.15, 0.2) is 29.3 Å². The Hall–Kier alpha value is -1.63. The van der Waals surface area contributed by atoms with Gasteiger partial charge in [-0.1, -0.05) is 31.2 Å². The highest BCUT2D eigenvalue weighted by Gasteiger charge is 2.12. The molecule has 0 aromatic heterocycles. The molecule has 1 fully saturated rings. The van der Waals surface area contributed by atoms with Gasteiger partial charge < -0.3 is 20.3 Å². The van der Waals surface area contributed by atoms with E-state index in [2.05, 4.69) is 63.7 Å². The largest absolute Gasteiger partial charge is 0.379 e. The zero-order valence-corrected chi connectivity index (χ0v) is 15.9. The van der Waals surface area contributed by atoms with Crippen molar-refractivity contribution in [3.05, 3.63) is 35.4 Å². The van der Waals surface area contributed by atoms with E-state index in [1.54, 1.807) is 0 Å². The number of rotatable bonds is 8. The van der Waals surface area contributed by atoms with Gasteiger partial charge in [0.05, 0.1) is 13.2 Å². The van der Waals surface area contributed by atoms with Crippen LogP contribution in [0.2, 0.25) is 0 Å². The van der Waals surface area contributed by atoms with Crippen molar-refractivity contribution >= 4 is 5.96 Å². The SMILES string of the molecule is CCN(C)CCNC(=NC)NCc1ccccc1CN1CCOCC1. The summed E-state index contributed by atoms with van der Waals surface area (Å²) in [4.78, 5) is 9.05. The van der Waals surface area contributed by atoms with E-state index in [-0.39, 0.29) is 0 Å². The first kappa shape index (κ1) is 19.7. The van der Waals surface area contributed by atoms with Crippen LogP contribution < -0.4 is 10.6 Å². The molecule has 25 heavy (non-hydrogen) atoms. The molecule has 0 atom stereocenters. The Morgan fingerprint density at radius 1 is 1.20 bits per heavy atom. The second-order valence-electron chi connectivity index (χ2n) is 6.41. The number of benzene rings is 1. The van der Waals surface area contributed by atoms with Crippen LogP contribution in [0.25, 0.3) is 0 Å². The fraction of sp³-hybridized carbons (Fsp3) is 0.632. The zero-order chi connectivity index (χ0) is 17.9. The van der Waals surface area contributed by atoms with Gasteiger partial charge in [-0.2, -0.15) is 0 Å². The summed E-state index contributed by atoms with van der Waals surface area (Å²) in [6.07, 6.45) is 0. The van der Waals surface area contributed by atoms with Crippen molar-refractivity contribution in [1.82, 2.24) is 20.4 Å². The van der Waals surface area contributed by atoms with E-state index in [1.807, 2.05) is 7.05 Å². The highest BCUT2D eigenvalue weighted by molar-refractivity contribution is 5.79. The number of hydrogen-bond acceptors (Lipinski definition) is 4. The van der Waals surface area contributed by atoms with Gasteiger partial charge in [-0.25, -0.2) is 0 Å². The third-order valence-corrected chi connectivity index (χ3v) is 4.61. The van der Waals surface area contributed by atoms with Gasteiger partial charge in [-0.3, -0.25) is 9.89 Å². The number of morpholine rings is 1. The first-order chi connectivity index (χ1) is 12.2. The minimum Gasteiger partial charge on any atom is -0.379 e. The Bertz CT molecular complexity index is 528. The van der Waals surface area contributed by atoms with Crippen LogP contribution in [0.1, 0.15) is 18.1 Å². The lowest BCUT2D eigenvalue weighted by molar-refractivity contribution is 0.0341. The molecule has 0 radical (unpaired) electrons. The van der Waals surface area contributed by atoms with Gasteiger partial charge in [-0.05, 0) is 24.7 Å². The molecule has 1 heterocycles. The van der Waals surface area contributed by atoms with Gasteiger partial charge in [0, 0.05) is 46.3 Å². The van der Waals surface area contributed by atoms with E-state index in [4.69, 9.17) is 4.74 Å². The highest BCUT2D eigenvalue weighted by atomic mass is 16.5. The van der Waals surface area contributed by atoms with Crippen LogP contribution in [0.5, 0.6) is 0 Å². The Labute approximate surface area is 152 Å². The van der Waals surface area contributed by atoms with Crippen molar-refractivity contribution in [2.45, 2.75) is 20.0 Å². The summed E-state index contributed by atoms with van der Waals surface area (Å²) in [7, 11) is 3.94. The summed E-state index contributed by atoms with van der Waals surface area (Å²) >= 11 is 0. The predicted molar refractivity (Wildman–Crippen MR) is 104 cm³/mol. The van der Waals surface area contributed by atoms with Crippen LogP contribution >= 0.6 is 0 Å². The summed E-state index contributed by atoms with van der Waals surface area (Å²) < 4.78 is 5.44. The maximum Gasteiger partial charge on any atom is 0.191 e. The van der Waals surface area contributed by atoms with Gasteiger partial charge >= 0.3 is 0 Å². The number of nitrogens with zero attached hydrogens (tertiary/aromatic N) is 3. The van der Waals surface area contributed by atoms with E-state index in [9.17, 15) is 0 Å². The van der Waals surface area contributed by atoms with Crippen molar-refractivity contribution in [3.63, 3.8) is 0 Å². The minimum atomic E-state index is 0.782. The number of aliphatic imine (C=N–C) groups is 1. The smallest absolute Gasteiger partial charge is 0.191 e. The van der Waals surface area contributed by atoms with Crippen LogP contribution in [0.4, 0.5) is 0 Å². The molecular weight excluding hydrogens is 314 g/mol. The molecule has 0 aliphatic carbocycles. The molecule has 1 aromatic rings. The molecule has 1 saturated heterocycles. The second-order valence-corrected chi connectivity index (χ2v) is 6.41. The predicted octanol–water partition coefficient (Wildman–Crippen LogP) is 1.14. The van der Waals surface area contributed by atoms with Crippen molar-refractivity contribution < 1.29 is 4.74 Å². The summed E-state index contributed by atoms with van der Waals surface area (Å²) in [6.45, 7) is 10.6. The van der Waals surface area contributed by atoms with Gasteiger partial charge in [0.2, 0.25) is 0 Å². The van der Waals surface area contributed by atoms with Crippen LogP contribution in [-0.4, -0.2) is 75.8 Å². The molecule has 2 rings (SSSR count). The third-order valence-electron chi connectivity index (χ3n) is 4.61. The Morgan fingerprint density at radius 3 is 2.60 bits per heavy atom. The van der Waals surface area contributed by atoms with Gasteiger partial charge in [0.25, 0.3) is 0 Å². The minimum absolute atomic E-state index is 0.782. The topological polar surface area (TPSA) is 52.1 Å². The number of hydrogen-bond donors (Lipinski definition) is 2. The molecule has 140 valence electrons. The van der Waals surface area contributed by atoms with E-state index < -0.39 is 0 Å². The Balaban J connectivity index is 1.84. The Morgan fingerprint density at radius 2 is 1.92 bits per heavy atom. The first-order valence-corrected chi connectivity index (χ1v) is 9.23. The quantitative estimate of drug-likeness (QED) is 0.545. The molecular formula is C19H33N5O. The Kier molecular flexibility index (Phi) is 8.72. The molecule has 0 bridgehead atoms. The molecule has 0 saturated carbocycles. The third kappa shape index (κ3) is 7.02. The molecule has 1 aliphatic heterocycles. The molecule has 0 amide bonds. The molecule has 6 heteroatoms. The number of guanidine groups is 1. The fourth-order valence-electron chi connectivity index (χ4n) is 2.81. The van der Waals surface area contributed by atoms with Gasteiger partial charge in [0.1, 0.15) is 0 Å². The first-order valence-electron chi connectivity index (χ1n) is 9.23. The summed E-state index contributed by atoms with van der Waals surface area (Å²) in [6, 6.07) is 8.64. The number of nitrogens with one attached hydrogen (secondary N) is 2. The van der Waals surface area contributed by atoms with Crippen LogP contribution in [0.3, 0.4) is 0 Å². The van der Waals surface area contributed by atoms with Crippen molar-refractivity contribution in [3.8, 4) is 0 Å². The normalized spacial score (nSPS) is 16.2. The number of ether oxygens (including phenoxy) is 1. The van der Waals surface area contributed by atoms with E-state index in [0.717, 1.165) is 65.0 Å². The lowest BCUT2D eigenvalue weighted by Crippen LogP contribution is -2.41. The van der Waals surface area contributed by atoms with Crippen LogP contribution in [-0.2, 0) is 17.8 Å². The monoisotopic (exact) mass is 347 g/mol. The molecule has 0 spiro atoms. The number of likely N-dealkylation sites (N-methyl/N-ethyl adjacent to an activating group) is 1. The summed E-state index contributed by atoms with van der Waals surface area (Å²) in [5, 5.41) is 6.81. The van der Waals surface area contributed by atoms with Gasteiger partial charge in [0.15, 0.2) is 5.96 Å². The van der Waals surface area contributed by atoms with Crippen molar-refractivity contribution in [2.75, 3.05) is 60.0 Å². The fourth-order valence-corrected chi connectivity index (χ4v) is 2.81. The van der Waals surface area contributed by atoms with E-state index >= 15 is 0 Å². The zero-order valence-electron chi connectivity index (χ0n) is 15.9. The summed E-state index contributed by atoms with van der Waals surface area (Å²) in [5.41, 5.74) is 2.70. The van der Waals surface area contributed by atoms with Crippen LogP contribution in [0, 0.1) is 0 Å².